The monoisotopic (exact) mass is 1840 g/mol. The normalized spacial score (nSPS) is 12.0. The molecule has 45 heteroatoms. The van der Waals surface area contributed by atoms with Gasteiger partial charge < -0.3 is 25.2 Å². The number of nitro benzene ring substituents is 2. The average molecular weight is 1840 g/mol. The van der Waals surface area contributed by atoms with E-state index in [1.165, 1.54) is 84.9 Å². The molecule has 0 aromatic heterocycles. The van der Waals surface area contributed by atoms with Crippen LogP contribution in [-0.4, -0.2) is 9.85 Å². The molecule has 12 rings (SSSR count). The summed E-state index contributed by atoms with van der Waals surface area (Å²) in [4.78, 5) is 20.2. The molecule has 0 aliphatic carbocycles. The molecule has 0 amide bonds. The van der Waals surface area contributed by atoms with Gasteiger partial charge in [-0.1, -0.05) is 170 Å². The molecule has 0 saturated carbocycles. The number of anilines is 2. The summed E-state index contributed by atoms with van der Waals surface area (Å²) >= 11 is 6.14. The Kier molecular flexibility index (Phi) is 29.0. The standard InChI is InChI=1S/C19H8F7N2O5P.C19H12F7N2OP.C19H10F7OP.C12H10ClOP.C8H3F7/c20-14-13(19(24,25)26)15(21)17(23)18(16(14)22)34(33,11-5-1-3-9(7-11)27(29)30)12-6-2-4-10(8-12)28(31)32;20-14-13(19(24,25)26)15(21)17(23)18(16(14)22)30(29,11-5-1-3-9(27)7-11)12-6-2-4-10(28)8-12;20-14-13(19(24,25)26)15(21)17(23)18(16(14)22)28(27,11-7-3-1-4-8-11)12-9-5-2-6-10-12;13-15(14,11-7-3-1-4-8-11)12-9-5-2-6-10-12;1-2-4(9)6(11)3(8(13,14)15)7(12)5(2)10/h1-8H;1-8H,27-28H2;1-10H;1-10H;1H3. The van der Waals surface area contributed by atoms with Crippen LogP contribution in [0.25, 0.3) is 0 Å². The first-order chi connectivity index (χ1) is 56.6. The fourth-order valence-electron chi connectivity index (χ4n) is 11.4. The van der Waals surface area contributed by atoms with Gasteiger partial charge in [-0.15, -0.1) is 0 Å². The van der Waals surface area contributed by atoms with E-state index in [0.717, 1.165) is 60.7 Å². The van der Waals surface area contributed by atoms with Crippen molar-refractivity contribution in [2.75, 3.05) is 11.5 Å². The fourth-order valence-corrected chi connectivity index (χ4v) is 21.8. The molecular weight excluding hydrogens is 1800 g/mol. The van der Waals surface area contributed by atoms with Gasteiger partial charge in [-0.3, -0.25) is 24.8 Å². The first kappa shape index (κ1) is 95.8. The zero-order valence-electron chi connectivity index (χ0n) is 59.8. The predicted molar refractivity (Wildman–Crippen MR) is 396 cm³/mol. The van der Waals surface area contributed by atoms with Gasteiger partial charge in [0.1, 0.15) is 22.3 Å². The van der Waals surface area contributed by atoms with Crippen molar-refractivity contribution in [3.05, 3.63) is 360 Å². The Morgan fingerprint density at radius 1 is 0.270 bits per heavy atom. The van der Waals surface area contributed by atoms with E-state index >= 15 is 0 Å². The maximum absolute atomic E-state index is 14.9. The highest BCUT2D eigenvalue weighted by Crippen LogP contribution is 2.52. The number of nitrogens with two attached hydrogens (primary N) is 2. The van der Waals surface area contributed by atoms with Crippen molar-refractivity contribution in [3.63, 3.8) is 0 Å². The number of rotatable bonds is 13. The Hall–Kier alpha value is -11.7. The minimum Gasteiger partial charge on any atom is -0.399 e. The van der Waals surface area contributed by atoms with Gasteiger partial charge in [-0.25, -0.2) is 70.2 Å². The minimum absolute atomic E-state index is 0.00898. The third-order valence-corrected chi connectivity index (χ3v) is 29.2. The van der Waals surface area contributed by atoms with Crippen LogP contribution < -0.4 is 69.8 Å². The van der Waals surface area contributed by atoms with Gasteiger partial charge in [0.15, 0.2) is 115 Å². The first-order valence-corrected chi connectivity index (χ1v) is 40.6. The largest absolute Gasteiger partial charge is 0.422 e. The quantitative estimate of drug-likeness (QED) is 0.0279. The Bertz CT molecular complexity index is 5900. The van der Waals surface area contributed by atoms with Crippen molar-refractivity contribution in [3.8, 4) is 0 Å². The molecule has 12 aromatic carbocycles. The number of halogens is 29. The van der Waals surface area contributed by atoms with Crippen LogP contribution in [0.4, 0.5) is 146 Å². The van der Waals surface area contributed by atoms with E-state index in [0.29, 0.717) is 29.7 Å². The van der Waals surface area contributed by atoms with Crippen LogP contribution in [0.3, 0.4) is 0 Å². The maximum atomic E-state index is 14.9. The topological polar surface area (TPSA) is 207 Å². The molecule has 0 spiro atoms. The zero-order valence-corrected chi connectivity index (χ0v) is 64.2. The van der Waals surface area contributed by atoms with Crippen LogP contribution in [0.1, 0.15) is 27.8 Å². The van der Waals surface area contributed by atoms with Crippen LogP contribution in [0.2, 0.25) is 0 Å². The fraction of sp³-hybridized carbons (Fsp3) is 0.0649. The van der Waals surface area contributed by atoms with Crippen molar-refractivity contribution in [2.24, 2.45) is 0 Å². The summed E-state index contributed by atoms with van der Waals surface area (Å²) in [7, 11) is -14.7. The number of hydrogen-bond donors (Lipinski definition) is 2. The number of nitrogen functional groups attached to an aromatic ring is 2. The lowest BCUT2D eigenvalue weighted by Crippen LogP contribution is -2.33. The van der Waals surface area contributed by atoms with Gasteiger partial charge in [0.25, 0.3) is 11.4 Å². The second kappa shape index (κ2) is 36.9. The van der Waals surface area contributed by atoms with Crippen LogP contribution in [0, 0.1) is 120 Å². The summed E-state index contributed by atoms with van der Waals surface area (Å²) in [6.45, 7) is -2.29. The first-order valence-electron chi connectivity index (χ1n) is 32.8. The Morgan fingerprint density at radius 2 is 0.459 bits per heavy atom. The van der Waals surface area contributed by atoms with Crippen LogP contribution >= 0.6 is 39.2 Å². The van der Waals surface area contributed by atoms with Gasteiger partial charge in [0.2, 0.25) is 6.49 Å². The predicted octanol–water partition coefficient (Wildman–Crippen LogP) is 20.4. The van der Waals surface area contributed by atoms with E-state index in [9.17, 15) is 161 Å². The summed E-state index contributed by atoms with van der Waals surface area (Å²) in [6.07, 6.45) is -22.8. The lowest BCUT2D eigenvalue weighted by Gasteiger charge is -2.23. The second-order valence-electron chi connectivity index (χ2n) is 24.6. The molecule has 12 nitrogen and oxygen atoms in total. The van der Waals surface area contributed by atoms with Crippen molar-refractivity contribution in [2.45, 2.75) is 31.6 Å². The second-order valence-corrected chi connectivity index (χ2v) is 36.3. The molecule has 0 aliphatic rings. The maximum Gasteiger partial charge on any atom is 0.422 e. The third-order valence-electron chi connectivity index (χ3n) is 17.0. The summed E-state index contributed by atoms with van der Waals surface area (Å²) in [5.74, 6) is -40.3. The molecule has 0 radical (unpaired) electrons. The van der Waals surface area contributed by atoms with Gasteiger partial charge >= 0.3 is 24.7 Å². The molecule has 0 unspecified atom stereocenters. The summed E-state index contributed by atoms with van der Waals surface area (Å²) in [5, 5.41) is 15.6. The molecule has 642 valence electrons. The van der Waals surface area contributed by atoms with Crippen molar-refractivity contribution < 1.29 is 151 Å². The molecular formula is C77H43ClF28N4O8P4. The van der Waals surface area contributed by atoms with Crippen molar-refractivity contribution >= 4 is 120 Å². The molecule has 12 aromatic rings. The van der Waals surface area contributed by atoms with Crippen molar-refractivity contribution in [1.82, 2.24) is 0 Å². The highest BCUT2D eigenvalue weighted by molar-refractivity contribution is 8.00. The summed E-state index contributed by atoms with van der Waals surface area (Å²) in [5.41, 5.74) is -2.42. The molecule has 0 bridgehead atoms. The van der Waals surface area contributed by atoms with Gasteiger partial charge in [0.05, 0.1) is 25.8 Å². The van der Waals surface area contributed by atoms with Crippen LogP contribution in [0.5, 0.6) is 0 Å². The molecule has 0 saturated heterocycles. The smallest absolute Gasteiger partial charge is 0.399 e. The van der Waals surface area contributed by atoms with Crippen LogP contribution in [-0.2, 0) is 43.0 Å². The molecule has 4 N–H and O–H groups in total. The van der Waals surface area contributed by atoms with E-state index < -0.39 is 221 Å². The van der Waals surface area contributed by atoms with E-state index in [4.69, 9.17) is 22.7 Å². The summed E-state index contributed by atoms with van der Waals surface area (Å²) < 4.78 is 432. The zero-order chi connectivity index (χ0) is 91.4. The minimum atomic E-state index is -5.88. The van der Waals surface area contributed by atoms with Crippen molar-refractivity contribution in [1.29, 1.82) is 0 Å². The van der Waals surface area contributed by atoms with Gasteiger partial charge in [0, 0.05) is 83.6 Å². The van der Waals surface area contributed by atoms with Gasteiger partial charge in [-0.2, -0.15) is 52.7 Å². The average Bonchev–Trinajstić information content (AvgIpc) is 0.728. The van der Waals surface area contributed by atoms with E-state index in [2.05, 4.69) is 0 Å². The molecule has 122 heavy (non-hydrogen) atoms. The van der Waals surface area contributed by atoms with E-state index in [1.54, 1.807) is 24.3 Å². The van der Waals surface area contributed by atoms with E-state index in [1.807, 2.05) is 36.4 Å². The number of hydrogen-bond acceptors (Lipinski definition) is 10. The Morgan fingerprint density at radius 3 is 0.672 bits per heavy atom. The SMILES string of the molecule is Cc1c(F)c(F)c(C(F)(F)F)c(F)c1F.Nc1cccc(P(=O)(c2cccc(N)c2)c2c(F)c(F)c(C(F)(F)F)c(F)c2F)c1.O=P(Cl)(c1ccccc1)c1ccccc1.O=P(c1ccccc1)(c1ccccc1)c1c(F)c(F)c(C(F)(F)F)c(F)c1F.O=[N+]([O-])c1cccc(P(=O)(c2cccc([N+](=O)[O-])c2)c2c(F)c(F)c(C(F)(F)F)c(F)c2F)c1. The lowest BCUT2D eigenvalue weighted by molar-refractivity contribution is -0.384. The molecule has 0 fully saturated rings. The Balaban J connectivity index is 0.000000196. The lowest BCUT2D eigenvalue weighted by atomic mass is 10.1. The number of nitrogens with zero attached hydrogens (tertiary/aromatic N) is 2. The van der Waals surface area contributed by atoms with Gasteiger partial charge in [-0.05, 0) is 42.4 Å². The summed E-state index contributed by atoms with van der Waals surface area (Å²) in [6, 6.07) is 47.3. The number of benzene rings is 12. The number of alkyl halides is 12. The van der Waals surface area contributed by atoms with Crippen LogP contribution in [0.15, 0.2) is 218 Å². The molecule has 0 aliphatic heterocycles. The Labute approximate surface area is 671 Å². The number of nitro groups is 2. The highest BCUT2D eigenvalue weighted by Gasteiger charge is 2.51. The third kappa shape index (κ3) is 19.3. The highest BCUT2D eigenvalue weighted by atomic mass is 35.7. The number of non-ortho nitro benzene ring substituents is 2. The molecule has 0 heterocycles. The molecule has 0 atom stereocenters. The van der Waals surface area contributed by atoms with E-state index in [-0.39, 0.29) is 32.6 Å².